The minimum atomic E-state index is -0.646. The van der Waals surface area contributed by atoms with Crippen molar-refractivity contribution in [1.82, 2.24) is 0 Å². The van der Waals surface area contributed by atoms with Crippen LogP contribution in [0, 0.1) is 12.7 Å². The molecule has 1 heterocycles. The monoisotopic (exact) mass is 282 g/mol. The number of halogens is 1. The second-order valence-corrected chi connectivity index (χ2v) is 5.40. The molecule has 20 heavy (non-hydrogen) atoms. The summed E-state index contributed by atoms with van der Waals surface area (Å²) in [5.74, 6) is -0.268. The number of rotatable bonds is 5. The molecule has 0 aliphatic carbocycles. The van der Waals surface area contributed by atoms with Crippen LogP contribution >= 0.6 is 0 Å². The van der Waals surface area contributed by atoms with Crippen molar-refractivity contribution in [2.45, 2.75) is 44.8 Å². The van der Waals surface area contributed by atoms with Gasteiger partial charge in [-0.25, -0.2) is 4.39 Å². The molecule has 1 aromatic carbocycles. The predicted molar refractivity (Wildman–Crippen MR) is 75.3 cm³/mol. The molecule has 0 spiro atoms. The lowest BCUT2D eigenvalue weighted by Gasteiger charge is -2.40. The van der Waals surface area contributed by atoms with Gasteiger partial charge in [0.1, 0.15) is 5.82 Å². The second kappa shape index (κ2) is 6.66. The van der Waals surface area contributed by atoms with E-state index in [0.717, 1.165) is 11.1 Å². The number of benzene rings is 1. The Kier molecular flexibility index (Phi) is 5.13. The van der Waals surface area contributed by atoms with Crippen molar-refractivity contribution in [2.75, 3.05) is 19.8 Å². The molecule has 1 unspecified atom stereocenters. The van der Waals surface area contributed by atoms with Gasteiger partial charge in [0.2, 0.25) is 0 Å². The lowest BCUT2D eigenvalue weighted by molar-refractivity contribution is -0.165. The maximum Gasteiger partial charge on any atom is 0.123 e. The Hall–Kier alpha value is -0.970. The fourth-order valence-corrected chi connectivity index (χ4v) is 2.83. The standard InChI is InChI=1S/C16H23FO3/c1-3-20-16(6-8-19-9-7-16)15(18)11-13-10-14(17)5-4-12(13)2/h4-5,10,15,18H,3,6-9,11H2,1-2H3. The van der Waals surface area contributed by atoms with Crippen molar-refractivity contribution in [3.63, 3.8) is 0 Å². The summed E-state index contributed by atoms with van der Waals surface area (Å²) in [6.07, 6.45) is 1.11. The van der Waals surface area contributed by atoms with Crippen LogP contribution in [0.2, 0.25) is 0 Å². The van der Waals surface area contributed by atoms with Gasteiger partial charge in [-0.15, -0.1) is 0 Å². The molecule has 0 radical (unpaired) electrons. The predicted octanol–water partition coefficient (Wildman–Crippen LogP) is 2.62. The first-order chi connectivity index (χ1) is 9.57. The van der Waals surface area contributed by atoms with Crippen molar-refractivity contribution in [3.05, 3.63) is 35.1 Å². The van der Waals surface area contributed by atoms with E-state index >= 15 is 0 Å². The third-order valence-electron chi connectivity index (χ3n) is 4.10. The Labute approximate surface area is 119 Å². The Morgan fingerprint density at radius 1 is 1.40 bits per heavy atom. The summed E-state index contributed by atoms with van der Waals surface area (Å²) in [5.41, 5.74) is 1.26. The first-order valence-electron chi connectivity index (χ1n) is 7.22. The summed E-state index contributed by atoms with van der Waals surface area (Å²) in [6.45, 7) is 5.60. The average Bonchev–Trinajstić information content (AvgIpc) is 2.44. The highest BCUT2D eigenvalue weighted by atomic mass is 19.1. The minimum Gasteiger partial charge on any atom is -0.390 e. The van der Waals surface area contributed by atoms with Gasteiger partial charge in [0.25, 0.3) is 0 Å². The first kappa shape index (κ1) is 15.4. The van der Waals surface area contributed by atoms with E-state index in [-0.39, 0.29) is 5.82 Å². The van der Waals surface area contributed by atoms with Gasteiger partial charge in [0, 0.05) is 39.1 Å². The molecule has 112 valence electrons. The maximum absolute atomic E-state index is 13.4. The van der Waals surface area contributed by atoms with Gasteiger partial charge in [0.15, 0.2) is 0 Å². The molecule has 0 amide bonds. The third-order valence-corrected chi connectivity index (χ3v) is 4.10. The lowest BCUT2D eigenvalue weighted by Crippen LogP contribution is -2.50. The molecule has 1 aromatic rings. The number of hydrogen-bond donors (Lipinski definition) is 1. The van der Waals surface area contributed by atoms with Crippen molar-refractivity contribution in [2.24, 2.45) is 0 Å². The summed E-state index contributed by atoms with van der Waals surface area (Å²) in [5, 5.41) is 10.6. The van der Waals surface area contributed by atoms with Crippen molar-refractivity contribution in [1.29, 1.82) is 0 Å². The summed E-state index contributed by atoms with van der Waals surface area (Å²) >= 11 is 0. The molecular weight excluding hydrogens is 259 g/mol. The van der Waals surface area contributed by atoms with Crippen LogP contribution in [-0.2, 0) is 15.9 Å². The van der Waals surface area contributed by atoms with Gasteiger partial charge in [-0.05, 0) is 37.1 Å². The normalized spacial score (nSPS) is 19.8. The zero-order valence-electron chi connectivity index (χ0n) is 12.2. The number of aryl methyl sites for hydroxylation is 1. The zero-order chi connectivity index (χ0) is 14.6. The van der Waals surface area contributed by atoms with Crippen LogP contribution in [-0.4, -0.2) is 36.6 Å². The van der Waals surface area contributed by atoms with Crippen LogP contribution in [0.15, 0.2) is 18.2 Å². The Bertz CT molecular complexity index is 436. The lowest BCUT2D eigenvalue weighted by atomic mass is 9.84. The Morgan fingerprint density at radius 3 is 2.75 bits per heavy atom. The van der Waals surface area contributed by atoms with Gasteiger partial charge in [-0.3, -0.25) is 0 Å². The van der Waals surface area contributed by atoms with E-state index in [2.05, 4.69) is 0 Å². The quantitative estimate of drug-likeness (QED) is 0.902. The van der Waals surface area contributed by atoms with E-state index in [1.54, 1.807) is 6.07 Å². The molecule has 4 heteroatoms. The molecule has 2 rings (SSSR count). The molecule has 0 saturated carbocycles. The molecule has 0 aromatic heterocycles. The molecule has 3 nitrogen and oxygen atoms in total. The Balaban J connectivity index is 2.15. The number of aliphatic hydroxyl groups is 1. The number of aliphatic hydroxyl groups excluding tert-OH is 1. The maximum atomic E-state index is 13.4. The molecule has 0 bridgehead atoms. The van der Waals surface area contributed by atoms with Crippen LogP contribution in [0.5, 0.6) is 0 Å². The minimum absolute atomic E-state index is 0.268. The van der Waals surface area contributed by atoms with E-state index in [0.29, 0.717) is 39.1 Å². The van der Waals surface area contributed by atoms with Gasteiger partial charge >= 0.3 is 0 Å². The smallest absolute Gasteiger partial charge is 0.123 e. The second-order valence-electron chi connectivity index (χ2n) is 5.40. The van der Waals surface area contributed by atoms with Gasteiger partial charge in [-0.1, -0.05) is 6.07 Å². The Morgan fingerprint density at radius 2 is 2.10 bits per heavy atom. The first-order valence-corrected chi connectivity index (χ1v) is 7.22. The summed E-state index contributed by atoms with van der Waals surface area (Å²) in [6, 6.07) is 4.68. The molecule has 1 N–H and O–H groups in total. The van der Waals surface area contributed by atoms with Crippen LogP contribution < -0.4 is 0 Å². The summed E-state index contributed by atoms with van der Waals surface area (Å²) < 4.78 is 24.6. The number of ether oxygens (including phenoxy) is 2. The molecule has 1 atom stereocenters. The highest BCUT2D eigenvalue weighted by Gasteiger charge is 2.40. The average molecular weight is 282 g/mol. The largest absolute Gasteiger partial charge is 0.390 e. The van der Waals surface area contributed by atoms with Gasteiger partial charge in [-0.2, -0.15) is 0 Å². The van der Waals surface area contributed by atoms with Gasteiger partial charge < -0.3 is 14.6 Å². The SMILES string of the molecule is CCOC1(C(O)Cc2cc(F)ccc2C)CCOCC1. The molecule has 1 aliphatic heterocycles. The van der Waals surface area contributed by atoms with E-state index in [1.165, 1.54) is 12.1 Å². The van der Waals surface area contributed by atoms with E-state index in [1.807, 2.05) is 13.8 Å². The highest BCUT2D eigenvalue weighted by Crippen LogP contribution is 2.31. The van der Waals surface area contributed by atoms with Crippen LogP contribution in [0.1, 0.15) is 30.9 Å². The molecule has 1 saturated heterocycles. The molecular formula is C16H23FO3. The van der Waals surface area contributed by atoms with E-state index in [4.69, 9.17) is 9.47 Å². The van der Waals surface area contributed by atoms with Crippen molar-refractivity contribution in [3.8, 4) is 0 Å². The van der Waals surface area contributed by atoms with Crippen LogP contribution in [0.3, 0.4) is 0 Å². The van der Waals surface area contributed by atoms with E-state index in [9.17, 15) is 9.50 Å². The molecule has 1 aliphatic rings. The number of hydrogen-bond acceptors (Lipinski definition) is 3. The fourth-order valence-electron chi connectivity index (χ4n) is 2.83. The van der Waals surface area contributed by atoms with E-state index < -0.39 is 11.7 Å². The highest BCUT2D eigenvalue weighted by molar-refractivity contribution is 5.27. The molecule has 1 fully saturated rings. The third kappa shape index (κ3) is 3.37. The van der Waals surface area contributed by atoms with Gasteiger partial charge in [0.05, 0.1) is 11.7 Å². The summed E-state index contributed by atoms with van der Waals surface area (Å²) in [4.78, 5) is 0. The van der Waals surface area contributed by atoms with Crippen LogP contribution in [0.4, 0.5) is 4.39 Å². The van der Waals surface area contributed by atoms with Crippen molar-refractivity contribution >= 4 is 0 Å². The topological polar surface area (TPSA) is 38.7 Å². The fraction of sp³-hybridized carbons (Fsp3) is 0.625. The van der Waals surface area contributed by atoms with Crippen LogP contribution in [0.25, 0.3) is 0 Å². The van der Waals surface area contributed by atoms with Crippen molar-refractivity contribution < 1.29 is 19.0 Å². The zero-order valence-corrected chi connectivity index (χ0v) is 12.2. The summed E-state index contributed by atoms with van der Waals surface area (Å²) in [7, 11) is 0.